The number of carbonyl (C=O) groups excluding carboxylic acids is 1. The lowest BCUT2D eigenvalue weighted by Crippen LogP contribution is -2.35. The minimum atomic E-state index is -0.101. The Bertz CT molecular complexity index is 1050. The van der Waals surface area contributed by atoms with Crippen LogP contribution in [0.25, 0.3) is 0 Å². The molecular formula is C23H21Cl2N3O. The molecule has 0 N–H and O–H groups in total. The first-order valence-electron chi connectivity index (χ1n) is 9.66. The van der Waals surface area contributed by atoms with Crippen LogP contribution in [-0.4, -0.2) is 28.8 Å². The molecule has 1 aromatic carbocycles. The van der Waals surface area contributed by atoms with E-state index in [4.69, 9.17) is 23.2 Å². The molecular weight excluding hydrogens is 405 g/mol. The predicted octanol–water partition coefficient (Wildman–Crippen LogP) is 5.71. The molecule has 148 valence electrons. The maximum Gasteiger partial charge on any atom is 0.213 e. The maximum atomic E-state index is 12.9. The third-order valence-electron chi connectivity index (χ3n) is 5.38. The standard InChI is InChI=1S/C23H21Cl2N3O/c1-15-18(6-3-11-26-15)23(29)21-7-2-8-22(27-21)28-12-4-5-17(14-28)16-9-10-19(24)20(25)13-16/h2-3,6-11,13,17H,4-5,12,14H2,1H3. The van der Waals surface area contributed by atoms with Gasteiger partial charge in [-0.3, -0.25) is 9.78 Å². The van der Waals surface area contributed by atoms with Crippen LogP contribution in [0, 0.1) is 6.92 Å². The SMILES string of the molecule is Cc1ncccc1C(=O)c1cccc(N2CCCC(c3ccc(Cl)c(Cl)c3)C2)n1. The van der Waals surface area contributed by atoms with E-state index in [1.54, 1.807) is 24.4 Å². The summed E-state index contributed by atoms with van der Waals surface area (Å²) in [5, 5.41) is 1.15. The number of anilines is 1. The molecule has 1 saturated heterocycles. The van der Waals surface area contributed by atoms with E-state index in [-0.39, 0.29) is 5.78 Å². The van der Waals surface area contributed by atoms with Crippen LogP contribution in [0.4, 0.5) is 5.82 Å². The van der Waals surface area contributed by atoms with Gasteiger partial charge < -0.3 is 4.90 Å². The van der Waals surface area contributed by atoms with E-state index < -0.39 is 0 Å². The lowest BCUT2D eigenvalue weighted by atomic mass is 9.90. The maximum absolute atomic E-state index is 12.9. The van der Waals surface area contributed by atoms with Crippen molar-refractivity contribution >= 4 is 34.8 Å². The number of hydrogen-bond donors (Lipinski definition) is 0. The Morgan fingerprint density at radius 1 is 1.10 bits per heavy atom. The van der Waals surface area contributed by atoms with Crippen LogP contribution in [0.2, 0.25) is 10.0 Å². The Kier molecular flexibility index (Phi) is 5.84. The van der Waals surface area contributed by atoms with Gasteiger partial charge in [0.25, 0.3) is 0 Å². The van der Waals surface area contributed by atoms with Crippen LogP contribution in [-0.2, 0) is 0 Å². The van der Waals surface area contributed by atoms with E-state index in [9.17, 15) is 4.79 Å². The van der Waals surface area contributed by atoms with Gasteiger partial charge in [-0.25, -0.2) is 4.98 Å². The van der Waals surface area contributed by atoms with Crippen molar-refractivity contribution in [3.8, 4) is 0 Å². The second kappa shape index (κ2) is 8.52. The number of hydrogen-bond acceptors (Lipinski definition) is 4. The molecule has 0 spiro atoms. The number of carbonyl (C=O) groups is 1. The van der Waals surface area contributed by atoms with Crippen molar-refractivity contribution < 1.29 is 4.79 Å². The number of rotatable bonds is 4. The first-order chi connectivity index (χ1) is 14.0. The first-order valence-corrected chi connectivity index (χ1v) is 10.4. The molecule has 2 aromatic heterocycles. The van der Waals surface area contributed by atoms with Gasteiger partial charge in [0.15, 0.2) is 0 Å². The van der Waals surface area contributed by atoms with Gasteiger partial charge in [0.1, 0.15) is 11.5 Å². The van der Waals surface area contributed by atoms with Crippen molar-refractivity contribution in [1.82, 2.24) is 9.97 Å². The molecule has 0 aliphatic carbocycles. The van der Waals surface area contributed by atoms with Crippen LogP contribution in [0.5, 0.6) is 0 Å². The quantitative estimate of drug-likeness (QED) is 0.502. The number of pyridine rings is 2. The van der Waals surface area contributed by atoms with Crippen molar-refractivity contribution in [2.45, 2.75) is 25.7 Å². The van der Waals surface area contributed by atoms with Crippen molar-refractivity contribution in [2.75, 3.05) is 18.0 Å². The Hall–Kier alpha value is -2.43. The number of benzene rings is 1. The van der Waals surface area contributed by atoms with Crippen molar-refractivity contribution in [3.63, 3.8) is 0 Å². The van der Waals surface area contributed by atoms with Gasteiger partial charge >= 0.3 is 0 Å². The predicted molar refractivity (Wildman–Crippen MR) is 117 cm³/mol. The van der Waals surface area contributed by atoms with Crippen LogP contribution in [0.1, 0.15) is 46.1 Å². The third kappa shape index (κ3) is 4.29. The summed E-state index contributed by atoms with van der Waals surface area (Å²) in [7, 11) is 0. The topological polar surface area (TPSA) is 46.1 Å². The normalized spacial score (nSPS) is 16.7. The highest BCUT2D eigenvalue weighted by Crippen LogP contribution is 2.33. The number of halogens is 2. The fourth-order valence-corrected chi connectivity index (χ4v) is 4.12. The molecule has 0 radical (unpaired) electrons. The summed E-state index contributed by atoms with van der Waals surface area (Å²) >= 11 is 12.3. The summed E-state index contributed by atoms with van der Waals surface area (Å²) in [4.78, 5) is 24.0. The van der Waals surface area contributed by atoms with E-state index in [2.05, 4.69) is 14.9 Å². The molecule has 6 heteroatoms. The molecule has 1 unspecified atom stereocenters. The van der Waals surface area contributed by atoms with E-state index in [1.165, 1.54) is 5.56 Å². The van der Waals surface area contributed by atoms with Crippen LogP contribution in [0.3, 0.4) is 0 Å². The fourth-order valence-electron chi connectivity index (χ4n) is 3.81. The molecule has 4 nitrogen and oxygen atoms in total. The third-order valence-corrected chi connectivity index (χ3v) is 6.12. The Morgan fingerprint density at radius 2 is 1.97 bits per heavy atom. The summed E-state index contributed by atoms with van der Waals surface area (Å²) in [6, 6.07) is 15.0. The van der Waals surface area contributed by atoms with E-state index in [0.29, 0.717) is 32.9 Å². The fraction of sp³-hybridized carbons (Fsp3) is 0.261. The number of aromatic nitrogens is 2. The summed E-state index contributed by atoms with van der Waals surface area (Å²) in [6.45, 7) is 3.58. The van der Waals surface area contributed by atoms with Gasteiger partial charge in [0, 0.05) is 36.5 Å². The molecule has 1 fully saturated rings. The highest BCUT2D eigenvalue weighted by Gasteiger charge is 2.24. The summed E-state index contributed by atoms with van der Waals surface area (Å²) in [5.74, 6) is 1.07. The summed E-state index contributed by atoms with van der Waals surface area (Å²) in [5.41, 5.74) is 2.92. The second-order valence-corrected chi connectivity index (χ2v) is 8.12. The molecule has 1 aliphatic heterocycles. The monoisotopic (exact) mass is 425 g/mol. The zero-order valence-electron chi connectivity index (χ0n) is 16.1. The molecule has 0 amide bonds. The summed E-state index contributed by atoms with van der Waals surface area (Å²) < 4.78 is 0. The largest absolute Gasteiger partial charge is 0.356 e. The smallest absolute Gasteiger partial charge is 0.213 e. The average molecular weight is 426 g/mol. The minimum Gasteiger partial charge on any atom is -0.356 e. The summed E-state index contributed by atoms with van der Waals surface area (Å²) in [6.07, 6.45) is 3.82. The van der Waals surface area contributed by atoms with Crippen LogP contribution < -0.4 is 4.90 Å². The number of piperidine rings is 1. The molecule has 1 aliphatic rings. The Morgan fingerprint density at radius 3 is 2.76 bits per heavy atom. The molecule has 29 heavy (non-hydrogen) atoms. The van der Waals surface area contributed by atoms with Gasteiger partial charge in [-0.05, 0) is 61.7 Å². The van der Waals surface area contributed by atoms with Crippen molar-refractivity contribution in [3.05, 3.63) is 87.3 Å². The number of nitrogens with zero attached hydrogens (tertiary/aromatic N) is 3. The highest BCUT2D eigenvalue weighted by atomic mass is 35.5. The molecule has 0 saturated carbocycles. The zero-order valence-corrected chi connectivity index (χ0v) is 17.6. The molecule has 0 bridgehead atoms. The van der Waals surface area contributed by atoms with Gasteiger partial charge in [-0.1, -0.05) is 35.3 Å². The van der Waals surface area contributed by atoms with Gasteiger partial charge in [0.05, 0.1) is 10.0 Å². The highest BCUT2D eigenvalue weighted by molar-refractivity contribution is 6.42. The zero-order chi connectivity index (χ0) is 20.4. The van der Waals surface area contributed by atoms with Crippen molar-refractivity contribution in [2.24, 2.45) is 0 Å². The molecule has 3 heterocycles. The Balaban J connectivity index is 1.57. The number of aryl methyl sites for hydroxylation is 1. The molecule has 4 rings (SSSR count). The second-order valence-electron chi connectivity index (χ2n) is 7.31. The average Bonchev–Trinajstić information content (AvgIpc) is 2.76. The van der Waals surface area contributed by atoms with Gasteiger partial charge in [-0.2, -0.15) is 0 Å². The van der Waals surface area contributed by atoms with Gasteiger partial charge in [-0.15, -0.1) is 0 Å². The number of ketones is 1. The Labute approximate surface area is 180 Å². The molecule has 1 atom stereocenters. The lowest BCUT2D eigenvalue weighted by Gasteiger charge is -2.34. The van der Waals surface area contributed by atoms with Crippen LogP contribution in [0.15, 0.2) is 54.7 Å². The van der Waals surface area contributed by atoms with Gasteiger partial charge in [0.2, 0.25) is 5.78 Å². The molecule has 3 aromatic rings. The van der Waals surface area contributed by atoms with E-state index in [1.807, 2.05) is 37.3 Å². The minimum absolute atomic E-state index is 0.101. The van der Waals surface area contributed by atoms with Crippen LogP contribution >= 0.6 is 23.2 Å². The van der Waals surface area contributed by atoms with Crippen molar-refractivity contribution in [1.29, 1.82) is 0 Å². The lowest BCUT2D eigenvalue weighted by molar-refractivity contribution is 0.103. The first kappa shape index (κ1) is 19.9. The van der Waals surface area contributed by atoms with E-state index >= 15 is 0 Å². The van der Waals surface area contributed by atoms with E-state index in [0.717, 1.165) is 31.7 Å².